The van der Waals surface area contributed by atoms with Crippen LogP contribution in [-0.2, 0) is 16.2 Å². The predicted octanol–water partition coefficient (Wildman–Crippen LogP) is 5.64. The highest BCUT2D eigenvalue weighted by Gasteiger charge is 2.55. The van der Waals surface area contributed by atoms with Gasteiger partial charge in [-0.05, 0) is 52.8 Å². The minimum Gasteiger partial charge on any atom is -0.0620 e. The van der Waals surface area contributed by atoms with E-state index in [-0.39, 0.29) is 16.2 Å². The maximum Gasteiger partial charge on any atom is 0.0225 e. The van der Waals surface area contributed by atoms with E-state index in [0.29, 0.717) is 0 Å². The maximum atomic E-state index is 2.43. The molecule has 1 spiro atoms. The minimum absolute atomic E-state index is 0.215. The Morgan fingerprint density at radius 2 is 1.23 bits per heavy atom. The number of benzene rings is 2. The molecule has 2 aromatic rings. The second-order valence-corrected chi connectivity index (χ2v) is 8.80. The predicted molar refractivity (Wildman–Crippen MR) is 93.7 cm³/mol. The maximum absolute atomic E-state index is 2.43. The molecule has 2 aliphatic carbocycles. The molecule has 0 saturated carbocycles. The van der Waals surface area contributed by atoms with Gasteiger partial charge in [-0.25, -0.2) is 0 Å². The molecule has 0 bridgehead atoms. The third-order valence-corrected chi connectivity index (χ3v) is 6.08. The van der Waals surface area contributed by atoms with E-state index >= 15 is 0 Å². The molecule has 0 aliphatic heterocycles. The van der Waals surface area contributed by atoms with Gasteiger partial charge in [-0.3, -0.25) is 0 Å². The molecule has 0 heteroatoms. The Bertz CT molecular complexity index is 763. The van der Waals surface area contributed by atoms with E-state index in [1.54, 1.807) is 22.3 Å². The minimum atomic E-state index is 0.215. The van der Waals surface area contributed by atoms with E-state index in [1.807, 2.05) is 0 Å². The second-order valence-electron chi connectivity index (χ2n) is 8.80. The van der Waals surface area contributed by atoms with Crippen molar-refractivity contribution in [2.24, 2.45) is 0 Å². The number of hydrogen-bond donors (Lipinski definition) is 0. The normalized spacial score (nSPS) is 27.0. The van der Waals surface area contributed by atoms with Crippen molar-refractivity contribution < 1.29 is 0 Å². The quantitative estimate of drug-likeness (QED) is 0.588. The zero-order chi connectivity index (χ0) is 15.8. The van der Waals surface area contributed by atoms with Gasteiger partial charge in [0.25, 0.3) is 0 Å². The van der Waals surface area contributed by atoms with Crippen molar-refractivity contribution in [1.29, 1.82) is 0 Å². The van der Waals surface area contributed by atoms with Crippen LogP contribution in [0.5, 0.6) is 0 Å². The van der Waals surface area contributed by atoms with Crippen LogP contribution in [0.2, 0.25) is 0 Å². The van der Waals surface area contributed by atoms with Crippen molar-refractivity contribution in [2.45, 2.75) is 63.7 Å². The fourth-order valence-electron chi connectivity index (χ4n) is 5.41. The Morgan fingerprint density at radius 1 is 0.682 bits per heavy atom. The Balaban J connectivity index is 2.03. The fraction of sp³-hybridized carbons (Fsp3) is 0.455. The molecular weight excluding hydrogens is 264 g/mol. The molecule has 0 saturated heterocycles. The summed E-state index contributed by atoms with van der Waals surface area (Å²) in [5.74, 6) is 0. The standard InChI is InChI=1S/C22H26/c1-15-10-11-18-19(12-15)21(4,5)14-22(18)13-20(2,3)16-8-6-7-9-17(16)22/h6-12H,13-14H2,1-5H3. The average Bonchev–Trinajstić information content (AvgIpc) is 2.80. The van der Waals surface area contributed by atoms with Crippen molar-refractivity contribution in [3.63, 3.8) is 0 Å². The summed E-state index contributed by atoms with van der Waals surface area (Å²) in [5, 5.41) is 0. The van der Waals surface area contributed by atoms with E-state index in [1.165, 1.54) is 18.4 Å². The summed E-state index contributed by atoms with van der Waals surface area (Å²) in [6.07, 6.45) is 2.47. The summed E-state index contributed by atoms with van der Waals surface area (Å²) in [5.41, 5.74) is 8.41. The van der Waals surface area contributed by atoms with Crippen LogP contribution >= 0.6 is 0 Å². The van der Waals surface area contributed by atoms with Crippen LogP contribution in [0.25, 0.3) is 0 Å². The molecule has 0 nitrogen and oxygen atoms in total. The van der Waals surface area contributed by atoms with Gasteiger partial charge in [-0.15, -0.1) is 0 Å². The summed E-state index contributed by atoms with van der Waals surface area (Å²) in [6.45, 7) is 11.9. The highest BCUT2D eigenvalue weighted by atomic mass is 14.6. The van der Waals surface area contributed by atoms with Gasteiger partial charge in [0.15, 0.2) is 0 Å². The van der Waals surface area contributed by atoms with Gasteiger partial charge in [0, 0.05) is 5.41 Å². The fourth-order valence-corrected chi connectivity index (χ4v) is 5.41. The zero-order valence-corrected chi connectivity index (χ0v) is 14.5. The third kappa shape index (κ3) is 1.64. The summed E-state index contributed by atoms with van der Waals surface area (Å²) in [7, 11) is 0. The molecule has 2 aromatic carbocycles. The van der Waals surface area contributed by atoms with E-state index in [0.717, 1.165) is 0 Å². The van der Waals surface area contributed by atoms with Gasteiger partial charge in [0.2, 0.25) is 0 Å². The van der Waals surface area contributed by atoms with Gasteiger partial charge < -0.3 is 0 Å². The first kappa shape index (κ1) is 14.1. The number of rotatable bonds is 0. The molecule has 4 rings (SSSR count). The Morgan fingerprint density at radius 3 is 1.91 bits per heavy atom. The SMILES string of the molecule is Cc1ccc2c(c1)C(C)(C)CC21CC(C)(C)c2ccccc21. The van der Waals surface area contributed by atoms with Gasteiger partial charge in [-0.1, -0.05) is 75.7 Å². The molecule has 0 N–H and O–H groups in total. The van der Waals surface area contributed by atoms with E-state index in [2.05, 4.69) is 77.1 Å². The van der Waals surface area contributed by atoms with Crippen LogP contribution in [0.1, 0.15) is 68.4 Å². The second kappa shape index (κ2) is 4.04. The van der Waals surface area contributed by atoms with Crippen LogP contribution in [0.4, 0.5) is 0 Å². The zero-order valence-electron chi connectivity index (χ0n) is 14.5. The van der Waals surface area contributed by atoms with Crippen molar-refractivity contribution >= 4 is 0 Å². The smallest absolute Gasteiger partial charge is 0.0225 e. The monoisotopic (exact) mass is 290 g/mol. The highest BCUT2D eigenvalue weighted by molar-refractivity contribution is 5.59. The lowest BCUT2D eigenvalue weighted by molar-refractivity contribution is 0.349. The lowest BCUT2D eigenvalue weighted by Crippen LogP contribution is -2.26. The van der Waals surface area contributed by atoms with Crippen LogP contribution in [0, 0.1) is 6.92 Å². The average molecular weight is 290 g/mol. The molecule has 0 aromatic heterocycles. The molecule has 114 valence electrons. The van der Waals surface area contributed by atoms with Crippen LogP contribution in [0.15, 0.2) is 42.5 Å². The largest absolute Gasteiger partial charge is 0.0620 e. The van der Waals surface area contributed by atoms with E-state index in [9.17, 15) is 0 Å². The summed E-state index contributed by atoms with van der Waals surface area (Å²) < 4.78 is 0. The topological polar surface area (TPSA) is 0 Å². The Labute approximate surface area is 134 Å². The molecule has 1 atom stereocenters. The molecule has 22 heavy (non-hydrogen) atoms. The summed E-state index contributed by atoms with van der Waals surface area (Å²) >= 11 is 0. The number of aryl methyl sites for hydroxylation is 1. The molecule has 0 radical (unpaired) electrons. The first-order chi connectivity index (χ1) is 10.3. The van der Waals surface area contributed by atoms with Crippen molar-refractivity contribution in [3.05, 3.63) is 70.3 Å². The van der Waals surface area contributed by atoms with Crippen LogP contribution < -0.4 is 0 Å². The molecule has 0 fully saturated rings. The van der Waals surface area contributed by atoms with Crippen LogP contribution in [0.3, 0.4) is 0 Å². The van der Waals surface area contributed by atoms with Gasteiger partial charge in [-0.2, -0.15) is 0 Å². The van der Waals surface area contributed by atoms with Gasteiger partial charge >= 0.3 is 0 Å². The number of fused-ring (bicyclic) bond motifs is 4. The van der Waals surface area contributed by atoms with Gasteiger partial charge in [0.1, 0.15) is 0 Å². The Hall–Kier alpha value is -1.56. The van der Waals surface area contributed by atoms with E-state index in [4.69, 9.17) is 0 Å². The lowest BCUT2D eigenvalue weighted by atomic mass is 9.72. The van der Waals surface area contributed by atoms with Gasteiger partial charge in [0.05, 0.1) is 0 Å². The third-order valence-electron chi connectivity index (χ3n) is 6.08. The lowest BCUT2D eigenvalue weighted by Gasteiger charge is -2.30. The number of hydrogen-bond acceptors (Lipinski definition) is 0. The molecule has 1 unspecified atom stereocenters. The summed E-state index contributed by atoms with van der Waals surface area (Å²) in [4.78, 5) is 0. The molecule has 0 amide bonds. The highest BCUT2D eigenvalue weighted by Crippen LogP contribution is 2.62. The molecule has 0 heterocycles. The molecule has 2 aliphatic rings. The van der Waals surface area contributed by atoms with Crippen molar-refractivity contribution in [2.75, 3.05) is 0 Å². The Kier molecular flexibility index (Phi) is 2.58. The first-order valence-corrected chi connectivity index (χ1v) is 8.48. The van der Waals surface area contributed by atoms with E-state index < -0.39 is 0 Å². The van der Waals surface area contributed by atoms with Crippen molar-refractivity contribution in [3.8, 4) is 0 Å². The first-order valence-electron chi connectivity index (χ1n) is 8.48. The molecular formula is C22H26. The van der Waals surface area contributed by atoms with Crippen LogP contribution in [-0.4, -0.2) is 0 Å². The van der Waals surface area contributed by atoms with Crippen molar-refractivity contribution in [1.82, 2.24) is 0 Å². The summed E-state index contributed by atoms with van der Waals surface area (Å²) in [6, 6.07) is 16.3.